The lowest BCUT2D eigenvalue weighted by molar-refractivity contribution is 0.790. The van der Waals surface area contributed by atoms with E-state index in [4.69, 9.17) is 11.6 Å². The molecule has 0 fully saturated rings. The highest BCUT2D eigenvalue weighted by molar-refractivity contribution is 7.98. The van der Waals surface area contributed by atoms with Crippen molar-refractivity contribution >= 4 is 23.4 Å². The summed E-state index contributed by atoms with van der Waals surface area (Å²) in [6.45, 7) is 0.970. The van der Waals surface area contributed by atoms with E-state index in [1.807, 2.05) is 13.1 Å². The van der Waals surface area contributed by atoms with Crippen LogP contribution in [0.15, 0.2) is 23.1 Å². The zero-order chi connectivity index (χ0) is 9.68. The van der Waals surface area contributed by atoms with Crippen molar-refractivity contribution in [1.82, 2.24) is 5.32 Å². The highest BCUT2D eigenvalue weighted by atomic mass is 35.5. The number of halogens is 1. The number of rotatable bonds is 4. The second kappa shape index (κ2) is 5.53. The molecule has 72 valence electrons. The molecule has 1 nitrogen and oxygen atoms in total. The van der Waals surface area contributed by atoms with Crippen LogP contribution >= 0.6 is 23.4 Å². The van der Waals surface area contributed by atoms with Gasteiger partial charge in [-0.05, 0) is 50.0 Å². The van der Waals surface area contributed by atoms with Crippen molar-refractivity contribution in [2.24, 2.45) is 0 Å². The number of benzene rings is 1. The fourth-order valence-electron chi connectivity index (χ4n) is 1.13. The van der Waals surface area contributed by atoms with E-state index < -0.39 is 0 Å². The van der Waals surface area contributed by atoms with Gasteiger partial charge in [0.15, 0.2) is 0 Å². The molecule has 1 aromatic rings. The molecule has 0 spiro atoms. The van der Waals surface area contributed by atoms with Crippen LogP contribution in [0.3, 0.4) is 0 Å². The minimum atomic E-state index is 0.869. The van der Waals surface area contributed by atoms with E-state index in [0.29, 0.717) is 0 Å². The Morgan fingerprint density at radius 2 is 2.23 bits per heavy atom. The minimum Gasteiger partial charge on any atom is -0.319 e. The Balaban J connectivity index is 2.78. The average Bonchev–Trinajstić information content (AvgIpc) is 2.17. The summed E-state index contributed by atoms with van der Waals surface area (Å²) in [4.78, 5) is 1.27. The molecule has 0 radical (unpaired) electrons. The van der Waals surface area contributed by atoms with Crippen LogP contribution in [0.25, 0.3) is 0 Å². The zero-order valence-corrected chi connectivity index (χ0v) is 9.50. The summed E-state index contributed by atoms with van der Waals surface area (Å²) in [6.07, 6.45) is 3.06. The first-order chi connectivity index (χ1) is 6.27. The molecule has 0 saturated heterocycles. The summed E-state index contributed by atoms with van der Waals surface area (Å²) in [5.74, 6) is 0. The van der Waals surface area contributed by atoms with Gasteiger partial charge in [0.05, 0.1) is 0 Å². The number of hydrogen-bond donors (Lipinski definition) is 1. The molecule has 0 saturated carbocycles. The highest BCUT2D eigenvalue weighted by Crippen LogP contribution is 2.23. The lowest BCUT2D eigenvalue weighted by Crippen LogP contribution is -2.10. The van der Waals surface area contributed by atoms with Crippen LogP contribution in [-0.4, -0.2) is 19.8 Å². The van der Waals surface area contributed by atoms with Crippen LogP contribution in [0.1, 0.15) is 5.56 Å². The zero-order valence-electron chi connectivity index (χ0n) is 7.93. The van der Waals surface area contributed by atoms with Gasteiger partial charge in [0, 0.05) is 9.92 Å². The minimum absolute atomic E-state index is 0.869. The fourth-order valence-corrected chi connectivity index (χ4v) is 1.81. The van der Waals surface area contributed by atoms with Gasteiger partial charge in [0.2, 0.25) is 0 Å². The first-order valence-electron chi connectivity index (χ1n) is 4.25. The van der Waals surface area contributed by atoms with Crippen LogP contribution in [-0.2, 0) is 6.42 Å². The van der Waals surface area contributed by atoms with Gasteiger partial charge in [-0.25, -0.2) is 0 Å². The van der Waals surface area contributed by atoms with E-state index in [1.165, 1.54) is 10.5 Å². The van der Waals surface area contributed by atoms with Crippen molar-refractivity contribution < 1.29 is 0 Å². The number of thioether (sulfide) groups is 1. The van der Waals surface area contributed by atoms with E-state index in [1.54, 1.807) is 11.8 Å². The first kappa shape index (κ1) is 10.9. The van der Waals surface area contributed by atoms with E-state index in [-0.39, 0.29) is 0 Å². The van der Waals surface area contributed by atoms with Gasteiger partial charge < -0.3 is 5.32 Å². The molecule has 0 aliphatic rings. The molecule has 13 heavy (non-hydrogen) atoms. The van der Waals surface area contributed by atoms with Crippen molar-refractivity contribution in [3.8, 4) is 0 Å². The number of nitrogens with one attached hydrogen (secondary N) is 1. The summed E-state index contributed by atoms with van der Waals surface area (Å²) >= 11 is 7.80. The topological polar surface area (TPSA) is 12.0 Å². The molecule has 1 N–H and O–H groups in total. The van der Waals surface area contributed by atoms with Gasteiger partial charge in [0.1, 0.15) is 0 Å². The lowest BCUT2D eigenvalue weighted by Gasteiger charge is -2.05. The molecule has 3 heteroatoms. The monoisotopic (exact) mass is 215 g/mol. The van der Waals surface area contributed by atoms with Crippen molar-refractivity contribution in [1.29, 1.82) is 0 Å². The molecule has 0 heterocycles. The molecule has 0 aliphatic heterocycles. The molecule has 0 amide bonds. The Morgan fingerprint density at radius 3 is 2.85 bits per heavy atom. The Hall–Kier alpha value is -0.180. The first-order valence-corrected chi connectivity index (χ1v) is 5.85. The maximum Gasteiger partial charge on any atom is 0.0439 e. The maximum absolute atomic E-state index is 6.05. The van der Waals surface area contributed by atoms with Crippen LogP contribution in [0.5, 0.6) is 0 Å². The third-order valence-corrected chi connectivity index (χ3v) is 2.99. The van der Waals surface area contributed by atoms with Crippen LogP contribution in [0.4, 0.5) is 0 Å². The maximum atomic E-state index is 6.05. The van der Waals surface area contributed by atoms with Crippen LogP contribution < -0.4 is 5.32 Å². The standard InChI is InChI=1S/C10H14ClNS/c1-12-6-5-8-7-9(13-2)3-4-10(8)11/h3-4,7,12H,5-6H2,1-2H3. The average molecular weight is 216 g/mol. The highest BCUT2D eigenvalue weighted by Gasteiger charge is 2.00. The second-order valence-electron chi connectivity index (χ2n) is 2.81. The normalized spacial score (nSPS) is 10.4. The summed E-state index contributed by atoms with van der Waals surface area (Å²) in [5, 5.41) is 3.98. The van der Waals surface area contributed by atoms with Crippen LogP contribution in [0.2, 0.25) is 5.02 Å². The third-order valence-electron chi connectivity index (χ3n) is 1.90. The van der Waals surface area contributed by atoms with Crippen molar-refractivity contribution in [2.45, 2.75) is 11.3 Å². The van der Waals surface area contributed by atoms with E-state index in [9.17, 15) is 0 Å². The molecule has 0 unspecified atom stereocenters. The molecular formula is C10H14ClNS. The van der Waals surface area contributed by atoms with Gasteiger partial charge in [-0.15, -0.1) is 11.8 Å². The second-order valence-corrected chi connectivity index (χ2v) is 4.10. The predicted molar refractivity (Wildman–Crippen MR) is 60.9 cm³/mol. The largest absolute Gasteiger partial charge is 0.319 e. The van der Waals surface area contributed by atoms with Crippen molar-refractivity contribution in [3.05, 3.63) is 28.8 Å². The van der Waals surface area contributed by atoms with Gasteiger partial charge in [-0.2, -0.15) is 0 Å². The number of likely N-dealkylation sites (N-methyl/N-ethyl adjacent to an activating group) is 1. The van der Waals surface area contributed by atoms with Crippen LogP contribution in [0, 0.1) is 0 Å². The third kappa shape index (κ3) is 3.22. The Bertz CT molecular complexity index is 276. The quantitative estimate of drug-likeness (QED) is 0.776. The summed E-state index contributed by atoms with van der Waals surface area (Å²) in [7, 11) is 1.95. The molecule has 1 aromatic carbocycles. The van der Waals surface area contributed by atoms with Gasteiger partial charge >= 0.3 is 0 Å². The summed E-state index contributed by atoms with van der Waals surface area (Å²) in [6, 6.07) is 6.18. The molecular weight excluding hydrogens is 202 g/mol. The molecule has 1 rings (SSSR count). The van der Waals surface area contributed by atoms with Gasteiger partial charge in [0.25, 0.3) is 0 Å². The Labute approximate surface area is 88.9 Å². The Kier molecular flexibility index (Phi) is 4.64. The molecule has 0 aliphatic carbocycles. The summed E-state index contributed by atoms with van der Waals surface area (Å²) in [5.41, 5.74) is 1.22. The predicted octanol–water partition coefficient (Wildman–Crippen LogP) is 2.82. The summed E-state index contributed by atoms with van der Waals surface area (Å²) < 4.78 is 0. The smallest absolute Gasteiger partial charge is 0.0439 e. The lowest BCUT2D eigenvalue weighted by atomic mass is 10.1. The van der Waals surface area contributed by atoms with E-state index in [2.05, 4.69) is 23.7 Å². The van der Waals surface area contributed by atoms with Crippen molar-refractivity contribution in [3.63, 3.8) is 0 Å². The van der Waals surface area contributed by atoms with Crippen molar-refractivity contribution in [2.75, 3.05) is 19.8 Å². The molecule has 0 bridgehead atoms. The Morgan fingerprint density at radius 1 is 1.46 bits per heavy atom. The van der Waals surface area contributed by atoms with Gasteiger partial charge in [-0.3, -0.25) is 0 Å². The fraction of sp³-hybridized carbons (Fsp3) is 0.400. The SMILES string of the molecule is CNCCc1cc(SC)ccc1Cl. The molecule has 0 atom stereocenters. The molecule has 0 aromatic heterocycles. The van der Waals surface area contributed by atoms with Gasteiger partial charge in [-0.1, -0.05) is 11.6 Å². The number of hydrogen-bond acceptors (Lipinski definition) is 2. The van der Waals surface area contributed by atoms with E-state index in [0.717, 1.165) is 18.0 Å². The van der Waals surface area contributed by atoms with E-state index >= 15 is 0 Å².